The molecule has 0 radical (unpaired) electrons. The number of carbonyl (C=O) groups excluding carboxylic acids is 1. The second kappa shape index (κ2) is 5.14. The molecule has 3 nitrogen and oxygen atoms in total. The van der Waals surface area contributed by atoms with Gasteiger partial charge in [-0.25, -0.2) is 0 Å². The summed E-state index contributed by atoms with van der Waals surface area (Å²) in [5.74, 6) is 0.780. The van der Waals surface area contributed by atoms with Gasteiger partial charge in [0.05, 0.1) is 5.92 Å². The molecule has 0 saturated heterocycles. The van der Waals surface area contributed by atoms with Crippen molar-refractivity contribution in [2.24, 2.45) is 5.92 Å². The Balaban J connectivity index is 1.70. The lowest BCUT2D eigenvalue weighted by molar-refractivity contribution is -0.121. The van der Waals surface area contributed by atoms with E-state index in [4.69, 9.17) is 4.74 Å². The van der Waals surface area contributed by atoms with Gasteiger partial charge in [-0.05, 0) is 30.2 Å². The minimum absolute atomic E-state index is 0.0145. The van der Waals surface area contributed by atoms with Crippen molar-refractivity contribution in [2.45, 2.75) is 6.42 Å². The van der Waals surface area contributed by atoms with Gasteiger partial charge in [-0.15, -0.1) is 0 Å². The summed E-state index contributed by atoms with van der Waals surface area (Å²) in [6.45, 7) is 0.440. The number of para-hydroxylation sites is 2. The van der Waals surface area contributed by atoms with Gasteiger partial charge >= 0.3 is 0 Å². The number of amides is 1. The van der Waals surface area contributed by atoms with Crippen LogP contribution in [0.1, 0.15) is 5.56 Å². The molecule has 2 aromatic carbocycles. The lowest BCUT2D eigenvalue weighted by atomic mass is 9.96. The van der Waals surface area contributed by atoms with Crippen molar-refractivity contribution in [3.8, 4) is 5.75 Å². The van der Waals surface area contributed by atoms with E-state index in [2.05, 4.69) is 5.32 Å². The van der Waals surface area contributed by atoms with E-state index >= 15 is 0 Å². The van der Waals surface area contributed by atoms with Gasteiger partial charge in [0, 0.05) is 5.69 Å². The number of rotatable bonds is 2. The monoisotopic (exact) mass is 253 g/mol. The topological polar surface area (TPSA) is 38.3 Å². The number of anilines is 1. The molecule has 1 aliphatic rings. The predicted molar refractivity (Wildman–Crippen MR) is 74.2 cm³/mol. The highest BCUT2D eigenvalue weighted by Crippen LogP contribution is 2.27. The smallest absolute Gasteiger partial charge is 0.231 e. The van der Waals surface area contributed by atoms with E-state index in [0.29, 0.717) is 6.61 Å². The Kier molecular flexibility index (Phi) is 3.19. The first-order valence-corrected chi connectivity index (χ1v) is 6.39. The lowest BCUT2D eigenvalue weighted by Crippen LogP contribution is -2.32. The number of nitrogens with one attached hydrogen (secondary N) is 1. The van der Waals surface area contributed by atoms with Crippen LogP contribution in [-0.4, -0.2) is 12.5 Å². The SMILES string of the molecule is O=C(Nc1ccccc1)[C@@H]1COc2ccccc2C1. The number of fused-ring (bicyclic) bond motifs is 1. The molecule has 0 spiro atoms. The van der Waals surface area contributed by atoms with Crippen LogP contribution in [0.25, 0.3) is 0 Å². The molecule has 3 heteroatoms. The van der Waals surface area contributed by atoms with Crippen LogP contribution < -0.4 is 10.1 Å². The first-order valence-electron chi connectivity index (χ1n) is 6.39. The fraction of sp³-hybridized carbons (Fsp3) is 0.188. The molecule has 19 heavy (non-hydrogen) atoms. The molecule has 3 rings (SSSR count). The standard InChI is InChI=1S/C16H15NO2/c18-16(17-14-7-2-1-3-8-14)13-10-12-6-4-5-9-15(12)19-11-13/h1-9,13H,10-11H2,(H,17,18)/t13-/m0/s1. The van der Waals surface area contributed by atoms with Gasteiger partial charge in [-0.2, -0.15) is 0 Å². The third kappa shape index (κ3) is 2.60. The molecule has 1 atom stereocenters. The molecule has 2 aromatic rings. The van der Waals surface area contributed by atoms with Crippen molar-refractivity contribution in [1.29, 1.82) is 0 Å². The predicted octanol–water partition coefficient (Wildman–Crippen LogP) is 2.88. The van der Waals surface area contributed by atoms with E-state index in [1.54, 1.807) is 0 Å². The van der Waals surface area contributed by atoms with Crippen LogP contribution in [0.5, 0.6) is 5.75 Å². The zero-order valence-electron chi connectivity index (χ0n) is 10.5. The number of hydrogen-bond donors (Lipinski definition) is 1. The molecule has 0 bridgehead atoms. The normalized spacial score (nSPS) is 17.2. The van der Waals surface area contributed by atoms with Crippen LogP contribution >= 0.6 is 0 Å². The first kappa shape index (κ1) is 11.8. The van der Waals surface area contributed by atoms with E-state index < -0.39 is 0 Å². The number of hydrogen-bond acceptors (Lipinski definition) is 2. The van der Waals surface area contributed by atoms with Gasteiger partial charge in [0.15, 0.2) is 0 Å². The summed E-state index contributed by atoms with van der Waals surface area (Å²) >= 11 is 0. The van der Waals surface area contributed by atoms with Gasteiger partial charge in [0.25, 0.3) is 0 Å². The maximum Gasteiger partial charge on any atom is 0.231 e. The minimum Gasteiger partial charge on any atom is -0.492 e. The average Bonchev–Trinajstić information content (AvgIpc) is 2.48. The van der Waals surface area contributed by atoms with Gasteiger partial charge in [-0.1, -0.05) is 36.4 Å². The summed E-state index contributed by atoms with van der Waals surface area (Å²) in [6.07, 6.45) is 0.731. The molecule has 0 fully saturated rings. The van der Waals surface area contributed by atoms with Crippen molar-refractivity contribution in [1.82, 2.24) is 0 Å². The molecule has 1 aliphatic heterocycles. The Hall–Kier alpha value is -2.29. The maximum atomic E-state index is 12.2. The van der Waals surface area contributed by atoms with Crippen LogP contribution in [-0.2, 0) is 11.2 Å². The van der Waals surface area contributed by atoms with E-state index in [1.165, 1.54) is 0 Å². The Labute approximate surface area is 112 Å². The summed E-state index contributed by atoms with van der Waals surface area (Å²) < 4.78 is 5.63. The Morgan fingerprint density at radius 2 is 1.79 bits per heavy atom. The van der Waals surface area contributed by atoms with Crippen molar-refractivity contribution in [3.05, 3.63) is 60.2 Å². The molecule has 1 N–H and O–H groups in total. The quantitative estimate of drug-likeness (QED) is 0.893. The van der Waals surface area contributed by atoms with Gasteiger partial charge < -0.3 is 10.1 Å². The van der Waals surface area contributed by atoms with Crippen LogP contribution in [0.2, 0.25) is 0 Å². The van der Waals surface area contributed by atoms with Crippen LogP contribution in [0.3, 0.4) is 0 Å². The van der Waals surface area contributed by atoms with Gasteiger partial charge in [0.2, 0.25) is 5.91 Å². The van der Waals surface area contributed by atoms with Gasteiger partial charge in [0.1, 0.15) is 12.4 Å². The molecule has 1 amide bonds. The third-order valence-corrected chi connectivity index (χ3v) is 3.29. The Bertz CT molecular complexity index is 580. The summed E-state index contributed by atoms with van der Waals surface area (Å²) in [7, 11) is 0. The van der Waals surface area contributed by atoms with E-state index in [9.17, 15) is 4.79 Å². The second-order valence-electron chi connectivity index (χ2n) is 4.68. The highest BCUT2D eigenvalue weighted by atomic mass is 16.5. The van der Waals surface area contributed by atoms with Crippen LogP contribution in [0.15, 0.2) is 54.6 Å². The Morgan fingerprint density at radius 1 is 1.05 bits per heavy atom. The molecule has 0 aliphatic carbocycles. The van der Waals surface area contributed by atoms with E-state index in [0.717, 1.165) is 23.4 Å². The molecular weight excluding hydrogens is 238 g/mol. The largest absolute Gasteiger partial charge is 0.492 e. The summed E-state index contributed by atoms with van der Waals surface area (Å²) in [6, 6.07) is 17.4. The second-order valence-corrected chi connectivity index (χ2v) is 4.68. The van der Waals surface area contributed by atoms with E-state index in [-0.39, 0.29) is 11.8 Å². The van der Waals surface area contributed by atoms with Crippen molar-refractivity contribution < 1.29 is 9.53 Å². The van der Waals surface area contributed by atoms with Crippen LogP contribution in [0.4, 0.5) is 5.69 Å². The molecule has 1 heterocycles. The zero-order valence-corrected chi connectivity index (χ0v) is 10.5. The summed E-state index contributed by atoms with van der Waals surface area (Å²) in [4.78, 5) is 12.2. The molecular formula is C16H15NO2. The summed E-state index contributed by atoms with van der Waals surface area (Å²) in [5.41, 5.74) is 1.92. The molecule has 96 valence electrons. The highest BCUT2D eigenvalue weighted by Gasteiger charge is 2.25. The average molecular weight is 253 g/mol. The summed E-state index contributed by atoms with van der Waals surface area (Å²) in [5, 5.41) is 2.92. The van der Waals surface area contributed by atoms with Crippen molar-refractivity contribution >= 4 is 11.6 Å². The zero-order chi connectivity index (χ0) is 13.1. The fourth-order valence-corrected chi connectivity index (χ4v) is 2.26. The molecule has 0 aromatic heterocycles. The Morgan fingerprint density at radius 3 is 2.63 bits per heavy atom. The number of ether oxygens (including phenoxy) is 1. The molecule has 0 unspecified atom stereocenters. The third-order valence-electron chi connectivity index (χ3n) is 3.29. The first-order chi connectivity index (χ1) is 9.33. The van der Waals surface area contributed by atoms with E-state index in [1.807, 2.05) is 54.6 Å². The number of benzene rings is 2. The maximum absolute atomic E-state index is 12.2. The highest BCUT2D eigenvalue weighted by molar-refractivity contribution is 5.93. The number of carbonyl (C=O) groups is 1. The minimum atomic E-state index is -0.130. The molecule has 0 saturated carbocycles. The van der Waals surface area contributed by atoms with Gasteiger partial charge in [-0.3, -0.25) is 4.79 Å². The lowest BCUT2D eigenvalue weighted by Gasteiger charge is -2.24. The fourth-order valence-electron chi connectivity index (χ4n) is 2.26. The van der Waals surface area contributed by atoms with Crippen molar-refractivity contribution in [3.63, 3.8) is 0 Å². The van der Waals surface area contributed by atoms with Crippen LogP contribution in [0, 0.1) is 5.92 Å². The van der Waals surface area contributed by atoms with Crippen molar-refractivity contribution in [2.75, 3.05) is 11.9 Å².